The van der Waals surface area contributed by atoms with Crippen LogP contribution in [0.2, 0.25) is 5.02 Å². The molecule has 7 nitrogen and oxygen atoms in total. The number of nitrogens with zero attached hydrogens (tertiary/aromatic N) is 2. The summed E-state index contributed by atoms with van der Waals surface area (Å²) in [5.74, 6) is 1.11. The second-order valence-electron chi connectivity index (χ2n) is 6.60. The fraction of sp³-hybridized carbons (Fsp3) is 0.143. The van der Waals surface area contributed by atoms with Crippen molar-refractivity contribution < 1.29 is 9.47 Å². The van der Waals surface area contributed by atoms with Crippen LogP contribution >= 0.6 is 11.6 Å². The van der Waals surface area contributed by atoms with Crippen LogP contribution in [0.1, 0.15) is 16.7 Å². The monoisotopic (exact) mass is 409 g/mol. The Bertz CT molecular complexity index is 1070. The standard InChI is InChI=1S/C21H20ClN5O2/c1-28-20-9-18-15(8-17(20)23)21(24,27-12-26-18)14-4-5-19(16(22)7-14)29-11-13-3-2-6-25-10-13/h2-10,12H,11,23-24H2,1H3,(H,26,27). The number of halogens is 1. The average molecular weight is 410 g/mol. The number of aromatic nitrogens is 1. The molecule has 2 heterocycles. The first-order valence-electron chi connectivity index (χ1n) is 8.90. The molecule has 1 aliphatic rings. The topological polar surface area (TPSA) is 108 Å². The molecule has 0 amide bonds. The van der Waals surface area contributed by atoms with Crippen molar-refractivity contribution in [3.05, 3.63) is 76.6 Å². The van der Waals surface area contributed by atoms with Gasteiger partial charge >= 0.3 is 0 Å². The molecule has 1 aliphatic heterocycles. The number of anilines is 2. The lowest BCUT2D eigenvalue weighted by atomic mass is 9.89. The first-order chi connectivity index (χ1) is 14.0. The van der Waals surface area contributed by atoms with Crippen molar-refractivity contribution in [3.63, 3.8) is 0 Å². The van der Waals surface area contributed by atoms with Crippen LogP contribution in [0.15, 0.2) is 59.9 Å². The molecule has 0 aliphatic carbocycles. The summed E-state index contributed by atoms with van der Waals surface area (Å²) in [5, 5.41) is 3.52. The van der Waals surface area contributed by atoms with Gasteiger partial charge in [-0.1, -0.05) is 23.7 Å². The van der Waals surface area contributed by atoms with E-state index < -0.39 is 5.66 Å². The Labute approximate surface area is 173 Å². The van der Waals surface area contributed by atoms with E-state index >= 15 is 0 Å². The third-order valence-electron chi connectivity index (χ3n) is 4.76. The number of ether oxygens (including phenoxy) is 2. The van der Waals surface area contributed by atoms with Crippen LogP contribution in [0.5, 0.6) is 11.5 Å². The summed E-state index contributed by atoms with van der Waals surface area (Å²) in [6.07, 6.45) is 5.01. The fourth-order valence-corrected chi connectivity index (χ4v) is 3.45. The second-order valence-corrected chi connectivity index (χ2v) is 7.01. The Morgan fingerprint density at radius 3 is 2.76 bits per heavy atom. The Balaban J connectivity index is 1.65. The minimum Gasteiger partial charge on any atom is -0.495 e. The molecule has 1 atom stereocenters. The van der Waals surface area contributed by atoms with Gasteiger partial charge in [0.25, 0.3) is 0 Å². The molecule has 1 unspecified atom stereocenters. The van der Waals surface area contributed by atoms with Gasteiger partial charge in [-0.3, -0.25) is 10.7 Å². The van der Waals surface area contributed by atoms with Crippen LogP contribution < -0.4 is 26.3 Å². The number of hydrogen-bond acceptors (Lipinski definition) is 7. The number of hydrogen-bond donors (Lipinski definition) is 3. The maximum Gasteiger partial charge on any atom is 0.163 e. The summed E-state index contributed by atoms with van der Waals surface area (Å²) >= 11 is 6.47. The van der Waals surface area contributed by atoms with E-state index in [-0.39, 0.29) is 0 Å². The number of nitrogens with one attached hydrogen (secondary N) is 1. The van der Waals surface area contributed by atoms with Gasteiger partial charge in [-0.05, 0) is 24.3 Å². The highest BCUT2D eigenvalue weighted by Crippen LogP contribution is 2.41. The van der Waals surface area contributed by atoms with Gasteiger partial charge in [0.05, 0.1) is 29.8 Å². The maximum atomic E-state index is 6.69. The number of nitrogens with two attached hydrogens (primary N) is 2. The quantitative estimate of drug-likeness (QED) is 0.556. The Morgan fingerprint density at radius 2 is 2.03 bits per heavy atom. The lowest BCUT2D eigenvalue weighted by Crippen LogP contribution is -2.39. The molecule has 0 saturated carbocycles. The number of fused-ring (bicyclic) bond motifs is 1. The van der Waals surface area contributed by atoms with Crippen molar-refractivity contribution in [1.29, 1.82) is 0 Å². The van der Waals surface area contributed by atoms with E-state index in [1.54, 1.807) is 50.1 Å². The van der Waals surface area contributed by atoms with Crippen molar-refractivity contribution in [2.75, 3.05) is 18.2 Å². The number of aliphatic imine (C=N–C) groups is 1. The van der Waals surface area contributed by atoms with Crippen LogP contribution in [-0.2, 0) is 12.3 Å². The summed E-state index contributed by atoms with van der Waals surface area (Å²) in [6, 6.07) is 12.7. The summed E-state index contributed by atoms with van der Waals surface area (Å²) in [5.41, 5.74) is 15.3. The molecule has 0 bridgehead atoms. The van der Waals surface area contributed by atoms with Gasteiger partial charge in [0.1, 0.15) is 18.1 Å². The third kappa shape index (κ3) is 3.57. The molecule has 29 heavy (non-hydrogen) atoms. The first kappa shape index (κ1) is 19.0. The normalized spacial score (nSPS) is 17.3. The van der Waals surface area contributed by atoms with Crippen LogP contribution in [-0.4, -0.2) is 18.4 Å². The summed E-state index contributed by atoms with van der Waals surface area (Å²) in [4.78, 5) is 8.55. The third-order valence-corrected chi connectivity index (χ3v) is 5.05. The first-order valence-corrected chi connectivity index (χ1v) is 9.28. The molecule has 0 saturated heterocycles. The smallest absolute Gasteiger partial charge is 0.163 e. The predicted octanol–water partition coefficient (Wildman–Crippen LogP) is 3.52. The summed E-state index contributed by atoms with van der Waals surface area (Å²) in [7, 11) is 1.56. The number of rotatable bonds is 5. The van der Waals surface area contributed by atoms with E-state index in [0.29, 0.717) is 34.4 Å². The van der Waals surface area contributed by atoms with E-state index in [0.717, 1.165) is 16.8 Å². The van der Waals surface area contributed by atoms with Crippen LogP contribution in [0.25, 0.3) is 0 Å². The SMILES string of the molecule is COc1cc2c(cc1N)C(N)(c1ccc(OCc3cccnc3)c(Cl)c1)N=CN2. The highest BCUT2D eigenvalue weighted by molar-refractivity contribution is 6.32. The average Bonchev–Trinajstić information content (AvgIpc) is 2.74. The molecular weight excluding hydrogens is 390 g/mol. The van der Waals surface area contributed by atoms with Crippen molar-refractivity contribution in [1.82, 2.24) is 4.98 Å². The van der Waals surface area contributed by atoms with Crippen molar-refractivity contribution in [2.24, 2.45) is 10.7 Å². The maximum absolute atomic E-state index is 6.69. The Morgan fingerprint density at radius 1 is 1.17 bits per heavy atom. The number of methoxy groups -OCH3 is 1. The van der Waals surface area contributed by atoms with E-state index in [1.807, 2.05) is 18.2 Å². The Hall–Kier alpha value is -3.29. The van der Waals surface area contributed by atoms with Crippen molar-refractivity contribution in [3.8, 4) is 11.5 Å². The zero-order valence-corrected chi connectivity index (χ0v) is 16.5. The molecule has 2 aromatic carbocycles. The molecule has 0 radical (unpaired) electrons. The molecule has 148 valence electrons. The van der Waals surface area contributed by atoms with Gasteiger partial charge in [0, 0.05) is 35.2 Å². The van der Waals surface area contributed by atoms with Gasteiger partial charge < -0.3 is 20.5 Å². The van der Waals surface area contributed by atoms with Gasteiger partial charge in [-0.15, -0.1) is 0 Å². The molecule has 5 N–H and O–H groups in total. The zero-order chi connectivity index (χ0) is 20.4. The number of pyridine rings is 1. The summed E-state index contributed by atoms with van der Waals surface area (Å²) in [6.45, 7) is 0.363. The lowest BCUT2D eigenvalue weighted by molar-refractivity contribution is 0.305. The van der Waals surface area contributed by atoms with Crippen molar-refractivity contribution >= 4 is 29.3 Å². The Kier molecular flexibility index (Phi) is 5.00. The number of benzene rings is 2. The van der Waals surface area contributed by atoms with E-state index in [4.69, 9.17) is 32.5 Å². The van der Waals surface area contributed by atoms with E-state index in [2.05, 4.69) is 15.3 Å². The minimum atomic E-state index is -1.15. The van der Waals surface area contributed by atoms with Gasteiger partial charge in [-0.2, -0.15) is 0 Å². The highest BCUT2D eigenvalue weighted by atomic mass is 35.5. The van der Waals surface area contributed by atoms with Gasteiger partial charge in [0.15, 0.2) is 5.66 Å². The number of nitrogen functional groups attached to an aromatic ring is 1. The van der Waals surface area contributed by atoms with Gasteiger partial charge in [0.2, 0.25) is 0 Å². The molecule has 0 fully saturated rings. The second kappa shape index (κ2) is 7.62. The molecule has 3 aromatic rings. The highest BCUT2D eigenvalue weighted by Gasteiger charge is 2.34. The molecule has 1 aromatic heterocycles. The molecule has 8 heteroatoms. The van der Waals surface area contributed by atoms with E-state index in [9.17, 15) is 0 Å². The fourth-order valence-electron chi connectivity index (χ4n) is 3.21. The molecule has 4 rings (SSSR count). The predicted molar refractivity (Wildman–Crippen MR) is 115 cm³/mol. The largest absolute Gasteiger partial charge is 0.495 e. The minimum absolute atomic E-state index is 0.363. The van der Waals surface area contributed by atoms with Crippen LogP contribution in [0, 0.1) is 0 Å². The van der Waals surface area contributed by atoms with Gasteiger partial charge in [-0.25, -0.2) is 4.99 Å². The summed E-state index contributed by atoms with van der Waals surface area (Å²) < 4.78 is 11.1. The molecule has 0 spiro atoms. The van der Waals surface area contributed by atoms with E-state index in [1.165, 1.54) is 0 Å². The lowest BCUT2D eigenvalue weighted by Gasteiger charge is -2.32. The van der Waals surface area contributed by atoms with Crippen molar-refractivity contribution in [2.45, 2.75) is 12.3 Å². The van der Waals surface area contributed by atoms with Crippen LogP contribution in [0.3, 0.4) is 0 Å². The zero-order valence-electron chi connectivity index (χ0n) is 15.7. The van der Waals surface area contributed by atoms with Crippen LogP contribution in [0.4, 0.5) is 11.4 Å². The molecular formula is C21H20ClN5O2.